The zero-order chi connectivity index (χ0) is 17.6. The molecule has 2 fully saturated rings. The molecule has 0 spiro atoms. The molecule has 1 saturated heterocycles. The second-order valence-electron chi connectivity index (χ2n) is 7.03. The first-order chi connectivity index (χ1) is 12.1. The smallest absolute Gasteiger partial charge is 0.227 e. The molecule has 3 N–H and O–H groups in total. The predicted molar refractivity (Wildman–Crippen MR) is 103 cm³/mol. The molecule has 1 aromatic rings. The average Bonchev–Trinajstić information content (AvgIpc) is 2.66. The van der Waals surface area contributed by atoms with E-state index in [9.17, 15) is 14.0 Å². The summed E-state index contributed by atoms with van der Waals surface area (Å²) in [5, 5.41) is 8.77. The third-order valence-electron chi connectivity index (χ3n) is 5.18. The Morgan fingerprint density at radius 2 is 1.54 bits per heavy atom. The highest BCUT2D eigenvalue weighted by Gasteiger charge is 2.23. The van der Waals surface area contributed by atoms with Crippen LogP contribution >= 0.6 is 12.4 Å². The van der Waals surface area contributed by atoms with Crippen molar-refractivity contribution in [3.05, 3.63) is 24.0 Å². The third kappa shape index (κ3) is 5.42. The number of halogens is 2. The molecule has 2 aliphatic rings. The van der Waals surface area contributed by atoms with Crippen LogP contribution in [-0.4, -0.2) is 24.9 Å². The van der Waals surface area contributed by atoms with Crippen LogP contribution in [-0.2, 0) is 9.59 Å². The van der Waals surface area contributed by atoms with Crippen LogP contribution in [0.1, 0.15) is 44.9 Å². The van der Waals surface area contributed by atoms with Crippen LogP contribution in [0.4, 0.5) is 15.8 Å². The number of rotatable bonds is 4. The lowest BCUT2D eigenvalue weighted by Gasteiger charge is -2.22. The number of amides is 2. The molecular formula is C19H27ClFN3O2. The van der Waals surface area contributed by atoms with E-state index in [4.69, 9.17) is 0 Å². The molecule has 7 heteroatoms. The highest BCUT2D eigenvalue weighted by atomic mass is 35.5. The Bertz CT molecular complexity index is 629. The fourth-order valence-electron chi connectivity index (χ4n) is 3.63. The Balaban J connectivity index is 0.00000243. The second-order valence-corrected chi connectivity index (χ2v) is 7.03. The first-order valence-corrected chi connectivity index (χ1v) is 9.25. The minimum Gasteiger partial charge on any atom is -0.326 e. The number of hydrogen-bond donors (Lipinski definition) is 3. The van der Waals surface area contributed by atoms with Gasteiger partial charge in [-0.15, -0.1) is 12.4 Å². The first-order valence-electron chi connectivity index (χ1n) is 9.25. The normalized spacial score (nSPS) is 18.7. The molecule has 0 radical (unpaired) electrons. The predicted octanol–water partition coefficient (Wildman–Crippen LogP) is 3.70. The minimum absolute atomic E-state index is 0. The monoisotopic (exact) mass is 383 g/mol. The molecule has 5 nitrogen and oxygen atoms in total. The van der Waals surface area contributed by atoms with Crippen LogP contribution in [0.3, 0.4) is 0 Å². The van der Waals surface area contributed by atoms with Crippen LogP contribution in [0.25, 0.3) is 0 Å². The summed E-state index contributed by atoms with van der Waals surface area (Å²) in [5.74, 6) is -0.713. The van der Waals surface area contributed by atoms with E-state index in [0.29, 0.717) is 5.69 Å². The minimum atomic E-state index is -0.482. The van der Waals surface area contributed by atoms with E-state index in [0.717, 1.165) is 58.0 Å². The summed E-state index contributed by atoms with van der Waals surface area (Å²) in [6.45, 7) is 1.68. The summed E-state index contributed by atoms with van der Waals surface area (Å²) in [6.07, 6.45) is 6.59. The van der Waals surface area contributed by atoms with Gasteiger partial charge in [-0.1, -0.05) is 19.3 Å². The summed E-state index contributed by atoms with van der Waals surface area (Å²) in [5.41, 5.74) is 0.655. The third-order valence-corrected chi connectivity index (χ3v) is 5.18. The fraction of sp³-hybridized carbons (Fsp3) is 0.579. The lowest BCUT2D eigenvalue weighted by Crippen LogP contribution is -2.34. The fourth-order valence-corrected chi connectivity index (χ4v) is 3.63. The molecule has 1 aliphatic carbocycles. The highest BCUT2D eigenvalue weighted by Crippen LogP contribution is 2.27. The molecule has 26 heavy (non-hydrogen) atoms. The van der Waals surface area contributed by atoms with E-state index < -0.39 is 5.82 Å². The lowest BCUT2D eigenvalue weighted by atomic mass is 9.88. The molecule has 1 aromatic carbocycles. The van der Waals surface area contributed by atoms with E-state index >= 15 is 0 Å². The van der Waals surface area contributed by atoms with Crippen LogP contribution in [0.2, 0.25) is 0 Å². The number of hydrogen-bond acceptors (Lipinski definition) is 3. The van der Waals surface area contributed by atoms with E-state index in [1.54, 1.807) is 0 Å². The Morgan fingerprint density at radius 1 is 0.923 bits per heavy atom. The second kappa shape index (κ2) is 9.88. The number of carbonyl (C=O) groups is 2. The number of piperidine rings is 1. The standard InChI is InChI=1S/C19H26FN3O2.ClH/c20-16-7-6-15(22-18(24)14-8-10-21-11-9-14)12-17(16)23-19(25)13-4-2-1-3-5-13;/h6-7,12-14,21H,1-5,8-11H2,(H,22,24)(H,23,25);1H. The number of benzene rings is 1. The largest absolute Gasteiger partial charge is 0.326 e. The van der Waals surface area contributed by atoms with Gasteiger partial charge in [-0.3, -0.25) is 9.59 Å². The maximum atomic E-state index is 14.1. The molecule has 0 unspecified atom stereocenters. The quantitative estimate of drug-likeness (QED) is 0.742. The number of anilines is 2. The summed E-state index contributed by atoms with van der Waals surface area (Å²) in [7, 11) is 0. The molecular weight excluding hydrogens is 357 g/mol. The first kappa shape index (κ1) is 20.6. The molecule has 1 saturated carbocycles. The summed E-state index contributed by atoms with van der Waals surface area (Å²) in [6, 6.07) is 4.33. The molecule has 1 heterocycles. The van der Waals surface area contributed by atoms with Crippen LogP contribution in [0.5, 0.6) is 0 Å². The Morgan fingerprint density at radius 3 is 2.23 bits per heavy atom. The van der Waals surface area contributed by atoms with Gasteiger partial charge >= 0.3 is 0 Å². The van der Waals surface area contributed by atoms with E-state index in [2.05, 4.69) is 16.0 Å². The number of nitrogens with one attached hydrogen (secondary N) is 3. The van der Waals surface area contributed by atoms with Crippen molar-refractivity contribution in [1.82, 2.24) is 5.32 Å². The molecule has 2 amide bonds. The van der Waals surface area contributed by atoms with Crippen LogP contribution < -0.4 is 16.0 Å². The van der Waals surface area contributed by atoms with Crippen molar-refractivity contribution in [3.8, 4) is 0 Å². The average molecular weight is 384 g/mol. The van der Waals surface area contributed by atoms with Crippen molar-refractivity contribution in [3.63, 3.8) is 0 Å². The molecule has 0 aromatic heterocycles. The summed E-state index contributed by atoms with van der Waals surface area (Å²) >= 11 is 0. The highest BCUT2D eigenvalue weighted by molar-refractivity contribution is 5.95. The van der Waals surface area contributed by atoms with Gasteiger partial charge in [0.1, 0.15) is 5.82 Å². The zero-order valence-corrected chi connectivity index (χ0v) is 15.7. The van der Waals surface area contributed by atoms with Gasteiger partial charge in [0.15, 0.2) is 0 Å². The van der Waals surface area contributed by atoms with Crippen LogP contribution in [0.15, 0.2) is 18.2 Å². The van der Waals surface area contributed by atoms with Gasteiger partial charge < -0.3 is 16.0 Å². The topological polar surface area (TPSA) is 70.2 Å². The van der Waals surface area contributed by atoms with Gasteiger partial charge in [-0.2, -0.15) is 0 Å². The van der Waals surface area contributed by atoms with Gasteiger partial charge in [-0.25, -0.2) is 4.39 Å². The molecule has 1 aliphatic heterocycles. The maximum absolute atomic E-state index is 14.1. The van der Waals surface area contributed by atoms with Crippen molar-refractivity contribution >= 4 is 35.6 Å². The van der Waals surface area contributed by atoms with Crippen molar-refractivity contribution in [2.24, 2.45) is 11.8 Å². The summed E-state index contributed by atoms with van der Waals surface area (Å²) in [4.78, 5) is 24.6. The van der Waals surface area contributed by atoms with Crippen molar-refractivity contribution in [1.29, 1.82) is 0 Å². The summed E-state index contributed by atoms with van der Waals surface area (Å²) < 4.78 is 14.1. The van der Waals surface area contributed by atoms with E-state index in [1.807, 2.05) is 0 Å². The Kier molecular flexibility index (Phi) is 7.85. The maximum Gasteiger partial charge on any atom is 0.227 e. The van der Waals surface area contributed by atoms with Gasteiger partial charge in [0.05, 0.1) is 5.69 Å². The van der Waals surface area contributed by atoms with Crippen LogP contribution in [0, 0.1) is 17.7 Å². The number of carbonyl (C=O) groups excluding carboxylic acids is 2. The SMILES string of the molecule is Cl.O=C(Nc1ccc(F)c(NC(=O)C2CCCCC2)c1)C1CCNCC1. The molecule has 144 valence electrons. The zero-order valence-electron chi connectivity index (χ0n) is 14.9. The lowest BCUT2D eigenvalue weighted by molar-refractivity contribution is -0.121. The van der Waals surface area contributed by atoms with Crippen molar-refractivity contribution < 1.29 is 14.0 Å². The molecule has 0 atom stereocenters. The molecule has 0 bridgehead atoms. The van der Waals surface area contributed by atoms with Gasteiger partial charge in [0, 0.05) is 17.5 Å². The van der Waals surface area contributed by atoms with Gasteiger partial charge in [0.2, 0.25) is 11.8 Å². The molecule has 3 rings (SSSR count). The van der Waals surface area contributed by atoms with E-state index in [1.165, 1.54) is 18.2 Å². The van der Waals surface area contributed by atoms with E-state index in [-0.39, 0.29) is 41.7 Å². The van der Waals surface area contributed by atoms with Crippen molar-refractivity contribution in [2.45, 2.75) is 44.9 Å². The Labute approximate surface area is 159 Å². The van der Waals surface area contributed by atoms with Gasteiger partial charge in [0.25, 0.3) is 0 Å². The van der Waals surface area contributed by atoms with Crippen molar-refractivity contribution in [2.75, 3.05) is 23.7 Å². The Hall–Kier alpha value is -1.66. The van der Waals surface area contributed by atoms with Gasteiger partial charge in [-0.05, 0) is 57.0 Å².